The molecule has 0 aliphatic carbocycles. The number of ether oxygens (including phenoxy) is 2. The summed E-state index contributed by atoms with van der Waals surface area (Å²) < 4.78 is 10.3. The number of carbonyl (C=O) groups is 1. The number of hydrogen-bond acceptors (Lipinski definition) is 4. The fourth-order valence-electron chi connectivity index (χ4n) is 1.66. The van der Waals surface area contributed by atoms with Crippen molar-refractivity contribution < 1.29 is 14.3 Å². The molecule has 1 rings (SSSR count). The summed E-state index contributed by atoms with van der Waals surface area (Å²) in [6, 6.07) is 1.74. The normalized spacial score (nSPS) is 10.2. The zero-order chi connectivity index (χ0) is 13.0. The Kier molecular flexibility index (Phi) is 4.78. The van der Waals surface area contributed by atoms with Gasteiger partial charge in [0.25, 0.3) is 0 Å². The van der Waals surface area contributed by atoms with Crippen LogP contribution in [0.5, 0.6) is 11.5 Å². The lowest BCUT2D eigenvalue weighted by molar-refractivity contribution is 0.0993. The molecule has 0 radical (unpaired) electrons. The maximum atomic E-state index is 11.9. The molecule has 1 aromatic rings. The Labute approximate surface area is 106 Å². The van der Waals surface area contributed by atoms with Crippen LogP contribution >= 0.6 is 11.6 Å². The van der Waals surface area contributed by atoms with E-state index in [4.69, 9.17) is 21.1 Å². The van der Waals surface area contributed by atoms with Gasteiger partial charge in [-0.15, -0.1) is 0 Å². The lowest BCUT2D eigenvalue weighted by atomic mass is 10.0. The summed E-state index contributed by atoms with van der Waals surface area (Å²) >= 11 is 6.18. The van der Waals surface area contributed by atoms with Crippen molar-refractivity contribution in [3.63, 3.8) is 0 Å². The van der Waals surface area contributed by atoms with Gasteiger partial charge in [-0.2, -0.15) is 0 Å². The number of benzene rings is 1. The molecule has 0 aromatic heterocycles. The van der Waals surface area contributed by atoms with Crippen LogP contribution in [0.3, 0.4) is 0 Å². The van der Waals surface area contributed by atoms with E-state index in [-0.39, 0.29) is 12.3 Å². The predicted octanol–water partition coefficient (Wildman–Crippen LogP) is 2.07. The van der Waals surface area contributed by atoms with Gasteiger partial charge in [0, 0.05) is 5.56 Å². The van der Waals surface area contributed by atoms with Crippen molar-refractivity contribution in [2.24, 2.45) is 0 Å². The SMILES string of the molecule is CNCC(=O)c1c(C)cc(OC)c(OC)c1Cl. The van der Waals surface area contributed by atoms with Crippen LogP contribution in [0.1, 0.15) is 15.9 Å². The van der Waals surface area contributed by atoms with Crippen molar-refractivity contribution in [3.05, 3.63) is 22.2 Å². The number of ketones is 1. The second-order valence-corrected chi connectivity index (χ2v) is 3.95. The molecule has 0 amide bonds. The number of hydrogen-bond donors (Lipinski definition) is 1. The maximum absolute atomic E-state index is 11.9. The molecule has 0 saturated carbocycles. The molecule has 1 N–H and O–H groups in total. The van der Waals surface area contributed by atoms with Gasteiger partial charge in [0.2, 0.25) is 0 Å². The fraction of sp³-hybridized carbons (Fsp3) is 0.417. The van der Waals surface area contributed by atoms with Crippen LogP contribution < -0.4 is 14.8 Å². The Hall–Kier alpha value is -1.26. The highest BCUT2D eigenvalue weighted by atomic mass is 35.5. The van der Waals surface area contributed by atoms with Gasteiger partial charge in [0.1, 0.15) is 0 Å². The number of methoxy groups -OCH3 is 2. The van der Waals surface area contributed by atoms with Crippen molar-refractivity contribution in [2.75, 3.05) is 27.8 Å². The molecule has 0 spiro atoms. The average Bonchev–Trinajstić information content (AvgIpc) is 2.28. The summed E-state index contributed by atoms with van der Waals surface area (Å²) in [5, 5.41) is 3.10. The minimum absolute atomic E-state index is 0.0732. The van der Waals surface area contributed by atoms with Crippen molar-refractivity contribution in [3.8, 4) is 11.5 Å². The molecule has 0 heterocycles. The van der Waals surface area contributed by atoms with Gasteiger partial charge in [-0.05, 0) is 25.6 Å². The minimum Gasteiger partial charge on any atom is -0.493 e. The first-order valence-corrected chi connectivity index (χ1v) is 5.53. The summed E-state index contributed by atoms with van der Waals surface area (Å²) in [5.41, 5.74) is 1.24. The summed E-state index contributed by atoms with van der Waals surface area (Å²) in [6.07, 6.45) is 0. The van der Waals surface area contributed by atoms with E-state index in [2.05, 4.69) is 5.32 Å². The molecule has 5 heteroatoms. The van der Waals surface area contributed by atoms with Crippen molar-refractivity contribution in [1.29, 1.82) is 0 Å². The van der Waals surface area contributed by atoms with Crippen LogP contribution in [0, 0.1) is 6.92 Å². The topological polar surface area (TPSA) is 47.6 Å². The van der Waals surface area contributed by atoms with Crippen molar-refractivity contribution in [1.82, 2.24) is 5.32 Å². The largest absolute Gasteiger partial charge is 0.493 e. The van der Waals surface area contributed by atoms with Gasteiger partial charge < -0.3 is 14.8 Å². The number of halogens is 1. The van der Waals surface area contributed by atoms with E-state index in [1.807, 2.05) is 6.92 Å². The minimum atomic E-state index is -0.0732. The Morgan fingerprint density at radius 2 is 2.06 bits per heavy atom. The van der Waals surface area contributed by atoms with Crippen molar-refractivity contribution >= 4 is 17.4 Å². The molecule has 0 bridgehead atoms. The van der Waals surface area contributed by atoms with E-state index in [9.17, 15) is 4.79 Å². The van der Waals surface area contributed by atoms with Gasteiger partial charge in [0.05, 0.1) is 25.8 Å². The van der Waals surface area contributed by atoms with Crippen LogP contribution in [0.2, 0.25) is 5.02 Å². The molecule has 0 unspecified atom stereocenters. The zero-order valence-corrected chi connectivity index (χ0v) is 11.1. The van der Waals surface area contributed by atoms with Crippen LogP contribution in [-0.4, -0.2) is 33.6 Å². The Morgan fingerprint density at radius 1 is 1.41 bits per heavy atom. The lowest BCUT2D eigenvalue weighted by Crippen LogP contribution is -2.20. The monoisotopic (exact) mass is 257 g/mol. The molecule has 0 aliphatic heterocycles. The molecular formula is C12H16ClNO3. The zero-order valence-electron chi connectivity index (χ0n) is 10.4. The van der Waals surface area contributed by atoms with E-state index in [0.29, 0.717) is 22.1 Å². The molecule has 94 valence electrons. The summed E-state index contributed by atoms with van der Waals surface area (Å²) in [7, 11) is 4.73. The number of Topliss-reactive ketones (excluding diaryl/α,β-unsaturated/α-hetero) is 1. The lowest BCUT2D eigenvalue weighted by Gasteiger charge is -2.14. The second-order valence-electron chi connectivity index (χ2n) is 3.57. The number of aryl methyl sites for hydroxylation is 1. The van der Waals surface area contributed by atoms with E-state index in [0.717, 1.165) is 5.56 Å². The molecule has 0 saturated heterocycles. The molecule has 1 aromatic carbocycles. The Balaban J connectivity index is 3.36. The summed E-state index contributed by atoms with van der Waals surface area (Å²) in [4.78, 5) is 11.9. The molecule has 0 atom stereocenters. The van der Waals surface area contributed by atoms with E-state index in [1.54, 1.807) is 13.1 Å². The average molecular weight is 258 g/mol. The highest BCUT2D eigenvalue weighted by Gasteiger charge is 2.20. The highest BCUT2D eigenvalue weighted by molar-refractivity contribution is 6.36. The van der Waals surface area contributed by atoms with Gasteiger partial charge in [-0.25, -0.2) is 0 Å². The van der Waals surface area contributed by atoms with E-state index < -0.39 is 0 Å². The molecule has 0 fully saturated rings. The first-order chi connectivity index (χ1) is 8.06. The van der Waals surface area contributed by atoms with Gasteiger partial charge in [-0.1, -0.05) is 11.6 Å². The first-order valence-electron chi connectivity index (χ1n) is 5.15. The van der Waals surface area contributed by atoms with Crippen LogP contribution in [-0.2, 0) is 0 Å². The standard InChI is InChI=1S/C12H16ClNO3/c1-7-5-9(16-3)12(17-4)11(13)10(7)8(15)6-14-2/h5,14H,6H2,1-4H3. The third kappa shape index (κ3) is 2.70. The number of likely N-dealkylation sites (N-methyl/N-ethyl adjacent to an activating group) is 1. The molecular weight excluding hydrogens is 242 g/mol. The van der Waals surface area contributed by atoms with E-state index in [1.165, 1.54) is 14.2 Å². The Morgan fingerprint density at radius 3 is 2.53 bits per heavy atom. The third-order valence-electron chi connectivity index (χ3n) is 2.42. The molecule has 4 nitrogen and oxygen atoms in total. The highest BCUT2D eigenvalue weighted by Crippen LogP contribution is 2.39. The number of rotatable bonds is 5. The van der Waals surface area contributed by atoms with Crippen LogP contribution in [0.25, 0.3) is 0 Å². The number of carbonyl (C=O) groups excluding carboxylic acids is 1. The summed E-state index contributed by atoms with van der Waals surface area (Å²) in [5.74, 6) is 0.839. The second kappa shape index (κ2) is 5.89. The smallest absolute Gasteiger partial charge is 0.180 e. The Bertz CT molecular complexity index is 432. The van der Waals surface area contributed by atoms with Gasteiger partial charge in [0.15, 0.2) is 17.3 Å². The van der Waals surface area contributed by atoms with E-state index >= 15 is 0 Å². The summed E-state index contributed by atoms with van der Waals surface area (Å²) in [6.45, 7) is 2.05. The molecule has 0 aliphatic rings. The third-order valence-corrected chi connectivity index (χ3v) is 2.79. The number of nitrogens with one attached hydrogen (secondary N) is 1. The van der Waals surface area contributed by atoms with Gasteiger partial charge >= 0.3 is 0 Å². The first kappa shape index (κ1) is 13.8. The maximum Gasteiger partial charge on any atom is 0.180 e. The molecule has 17 heavy (non-hydrogen) atoms. The van der Waals surface area contributed by atoms with Crippen LogP contribution in [0.15, 0.2) is 6.07 Å². The fourth-order valence-corrected chi connectivity index (χ4v) is 2.09. The van der Waals surface area contributed by atoms with Gasteiger partial charge in [-0.3, -0.25) is 4.79 Å². The quantitative estimate of drug-likeness (QED) is 0.821. The van der Waals surface area contributed by atoms with Crippen molar-refractivity contribution in [2.45, 2.75) is 6.92 Å². The predicted molar refractivity (Wildman–Crippen MR) is 67.6 cm³/mol. The van der Waals surface area contributed by atoms with Crippen LogP contribution in [0.4, 0.5) is 0 Å².